The molecule has 6 N–H and O–H groups in total. The van der Waals surface area contributed by atoms with Gasteiger partial charge in [0.25, 0.3) is 0 Å². The van der Waals surface area contributed by atoms with E-state index in [1.165, 1.54) is 7.11 Å². The number of benzene rings is 1. The fourth-order valence-electron chi connectivity index (χ4n) is 6.70. The van der Waals surface area contributed by atoms with E-state index in [4.69, 9.17) is 0 Å². The first-order chi connectivity index (χ1) is 25.8. The minimum absolute atomic E-state index is 0.0455. The molecule has 5 amide bonds. The Morgan fingerprint density at radius 2 is 1.76 bits per heavy atom. The Kier molecular flexibility index (Phi) is 16.9. The van der Waals surface area contributed by atoms with Crippen LogP contribution >= 0.6 is 0 Å². The van der Waals surface area contributed by atoms with Gasteiger partial charge < -0.3 is 35.8 Å². The summed E-state index contributed by atoms with van der Waals surface area (Å²) in [6.45, 7) is 16.4. The summed E-state index contributed by atoms with van der Waals surface area (Å²) in [5.74, 6) is -0.966. The number of aliphatic hydroxyl groups is 2. The number of urea groups is 1. The number of amides is 5. The standard InChI is InChI=1S/C41H65N7O7/c1-10-28(4)36(32-23-42-38(52)48(32)24-30-17-14-18-34(44-30)41(7,8)54)37(51)45-31(21-29-15-12-11-13-16-29)33(49)25-47(20-19-27(2)3)46-35(50)22-40(5,6)26-43-39(53)55-9/h11-18,27-28,31-33,36,49,54H,10,19-26H2,1-9H3,(H,42,52)(H,43,53)(H,45,51)(H,46,50). The monoisotopic (exact) mass is 767 g/mol. The highest BCUT2D eigenvalue weighted by Crippen LogP contribution is 2.28. The van der Waals surface area contributed by atoms with Gasteiger partial charge in [-0.25, -0.2) is 14.6 Å². The molecule has 1 aromatic heterocycles. The third-order valence-electron chi connectivity index (χ3n) is 10.2. The van der Waals surface area contributed by atoms with E-state index in [1.54, 1.807) is 42.0 Å². The van der Waals surface area contributed by atoms with E-state index in [0.717, 1.165) is 12.0 Å². The molecule has 14 heteroatoms. The Labute approximate surface area is 327 Å². The van der Waals surface area contributed by atoms with Gasteiger partial charge in [0.2, 0.25) is 11.8 Å². The molecule has 306 valence electrons. The number of aromatic nitrogens is 1. The maximum Gasteiger partial charge on any atom is 0.406 e. The average Bonchev–Trinajstić information content (AvgIpc) is 3.47. The highest BCUT2D eigenvalue weighted by molar-refractivity contribution is 5.83. The van der Waals surface area contributed by atoms with Crippen molar-refractivity contribution < 1.29 is 34.1 Å². The number of carbonyl (C=O) groups is 4. The first-order valence-electron chi connectivity index (χ1n) is 19.4. The van der Waals surface area contributed by atoms with Gasteiger partial charge in [-0.1, -0.05) is 84.4 Å². The SMILES string of the molecule is CCC(C)C(C(=O)NC(Cc1ccccc1)C(O)CN(CCC(C)C)NC(=O)CC(C)(C)CNC(=O)OC)C1CNC(=O)N1Cc1cccc(C(C)(C)O)n1. The molecule has 5 atom stereocenters. The summed E-state index contributed by atoms with van der Waals surface area (Å²) >= 11 is 0. The Morgan fingerprint density at radius 3 is 2.38 bits per heavy atom. The molecule has 1 fully saturated rings. The fourth-order valence-corrected chi connectivity index (χ4v) is 6.70. The van der Waals surface area contributed by atoms with Crippen LogP contribution in [-0.2, 0) is 32.9 Å². The Balaban J connectivity index is 1.87. The molecule has 0 spiro atoms. The number of rotatable bonds is 21. The van der Waals surface area contributed by atoms with Crippen molar-refractivity contribution in [2.24, 2.45) is 23.2 Å². The number of carbonyl (C=O) groups excluding carboxylic acids is 4. The smallest absolute Gasteiger partial charge is 0.406 e. The number of nitrogens with one attached hydrogen (secondary N) is 4. The summed E-state index contributed by atoms with van der Waals surface area (Å²) in [7, 11) is 1.28. The predicted octanol–water partition coefficient (Wildman–Crippen LogP) is 4.11. The third-order valence-corrected chi connectivity index (χ3v) is 10.2. The lowest BCUT2D eigenvalue weighted by molar-refractivity contribution is -0.132. The van der Waals surface area contributed by atoms with Crippen LogP contribution in [0.1, 0.15) is 91.6 Å². The maximum atomic E-state index is 14.5. The quantitative estimate of drug-likeness (QED) is 0.102. The first-order valence-corrected chi connectivity index (χ1v) is 19.4. The summed E-state index contributed by atoms with van der Waals surface area (Å²) < 4.78 is 4.67. The van der Waals surface area contributed by atoms with Crippen molar-refractivity contribution >= 4 is 23.9 Å². The maximum absolute atomic E-state index is 14.5. The normalized spacial score (nSPS) is 17.0. The van der Waals surface area contributed by atoms with E-state index in [9.17, 15) is 29.4 Å². The van der Waals surface area contributed by atoms with Crippen molar-refractivity contribution in [1.82, 2.24) is 36.3 Å². The number of hydrogen-bond acceptors (Lipinski definition) is 9. The minimum atomic E-state index is -1.16. The van der Waals surface area contributed by atoms with Crippen molar-refractivity contribution in [2.45, 2.75) is 111 Å². The first kappa shape index (κ1) is 45.1. The third kappa shape index (κ3) is 14.4. The zero-order valence-corrected chi connectivity index (χ0v) is 34.2. The van der Waals surface area contributed by atoms with E-state index in [2.05, 4.69) is 44.9 Å². The summed E-state index contributed by atoms with van der Waals surface area (Å²) in [5, 5.41) is 32.9. The second kappa shape index (κ2) is 20.6. The van der Waals surface area contributed by atoms with Gasteiger partial charge in [-0.05, 0) is 61.6 Å². The number of hydrazine groups is 1. The Hall–Kier alpha value is -4.27. The van der Waals surface area contributed by atoms with Crippen LogP contribution in [0.15, 0.2) is 48.5 Å². The van der Waals surface area contributed by atoms with Gasteiger partial charge >= 0.3 is 12.1 Å². The van der Waals surface area contributed by atoms with Crippen molar-refractivity contribution in [2.75, 3.05) is 33.3 Å². The lowest BCUT2D eigenvalue weighted by Gasteiger charge is -2.36. The highest BCUT2D eigenvalue weighted by Gasteiger charge is 2.43. The number of ether oxygens (including phenoxy) is 1. The van der Waals surface area contributed by atoms with Crippen molar-refractivity contribution in [1.29, 1.82) is 0 Å². The topological polar surface area (TPSA) is 185 Å². The van der Waals surface area contributed by atoms with Crippen molar-refractivity contribution in [3.63, 3.8) is 0 Å². The van der Waals surface area contributed by atoms with Crippen LogP contribution in [0.4, 0.5) is 9.59 Å². The summed E-state index contributed by atoms with van der Waals surface area (Å²) in [4.78, 5) is 59.1. The molecule has 2 aromatic rings. The second-order valence-corrected chi connectivity index (χ2v) is 16.6. The molecule has 0 saturated carbocycles. The molecule has 3 rings (SSSR count). The van der Waals surface area contributed by atoms with E-state index in [1.807, 2.05) is 58.0 Å². The number of methoxy groups -OCH3 is 1. The van der Waals surface area contributed by atoms with Crippen LogP contribution in [-0.4, -0.2) is 101 Å². The van der Waals surface area contributed by atoms with Gasteiger partial charge in [-0.2, -0.15) is 0 Å². The zero-order valence-electron chi connectivity index (χ0n) is 34.2. The molecule has 0 aliphatic carbocycles. The zero-order chi connectivity index (χ0) is 40.9. The van der Waals surface area contributed by atoms with Gasteiger partial charge in [0.05, 0.1) is 49.1 Å². The van der Waals surface area contributed by atoms with Crippen LogP contribution in [0.2, 0.25) is 0 Å². The molecular formula is C41H65N7O7. The van der Waals surface area contributed by atoms with Gasteiger partial charge in [0, 0.05) is 32.6 Å². The lowest BCUT2D eigenvalue weighted by atomic mass is 9.83. The van der Waals surface area contributed by atoms with Gasteiger partial charge in [0.15, 0.2) is 0 Å². The largest absolute Gasteiger partial charge is 0.453 e. The van der Waals surface area contributed by atoms with E-state index >= 15 is 0 Å². The summed E-state index contributed by atoms with van der Waals surface area (Å²) in [5.41, 5.74) is 3.23. The Morgan fingerprint density at radius 1 is 1.07 bits per heavy atom. The molecule has 0 bridgehead atoms. The van der Waals surface area contributed by atoms with Crippen LogP contribution in [0.5, 0.6) is 0 Å². The van der Waals surface area contributed by atoms with Crippen molar-refractivity contribution in [3.8, 4) is 0 Å². The number of hydrogen-bond donors (Lipinski definition) is 6. The molecule has 1 aromatic carbocycles. The number of alkyl carbamates (subject to hydrolysis) is 1. The molecule has 1 aliphatic rings. The number of nitrogens with zero attached hydrogens (tertiary/aromatic N) is 3. The predicted molar refractivity (Wildman–Crippen MR) is 211 cm³/mol. The lowest BCUT2D eigenvalue weighted by Crippen LogP contribution is -2.56. The molecular weight excluding hydrogens is 702 g/mol. The fraction of sp³-hybridized carbons (Fsp3) is 0.634. The van der Waals surface area contributed by atoms with E-state index in [0.29, 0.717) is 36.7 Å². The van der Waals surface area contributed by atoms with Crippen LogP contribution in [0.3, 0.4) is 0 Å². The average molecular weight is 768 g/mol. The number of aliphatic hydroxyl groups excluding tert-OH is 1. The van der Waals surface area contributed by atoms with Crippen LogP contribution in [0, 0.1) is 23.2 Å². The second-order valence-electron chi connectivity index (χ2n) is 16.6. The van der Waals surface area contributed by atoms with Crippen LogP contribution < -0.4 is 21.4 Å². The molecule has 2 heterocycles. The highest BCUT2D eigenvalue weighted by atomic mass is 16.5. The molecule has 0 radical (unpaired) electrons. The molecule has 55 heavy (non-hydrogen) atoms. The molecule has 1 aliphatic heterocycles. The molecule has 1 saturated heterocycles. The summed E-state index contributed by atoms with van der Waals surface area (Å²) in [6, 6.07) is 13.4. The minimum Gasteiger partial charge on any atom is -0.453 e. The van der Waals surface area contributed by atoms with Crippen LogP contribution in [0.25, 0.3) is 0 Å². The summed E-state index contributed by atoms with van der Waals surface area (Å²) in [6.07, 6.45) is 0.200. The number of pyridine rings is 1. The molecule has 5 unspecified atom stereocenters. The van der Waals surface area contributed by atoms with E-state index < -0.39 is 41.2 Å². The van der Waals surface area contributed by atoms with Gasteiger partial charge in [0.1, 0.15) is 5.60 Å². The van der Waals surface area contributed by atoms with Gasteiger partial charge in [-0.3, -0.25) is 20.0 Å². The van der Waals surface area contributed by atoms with E-state index in [-0.39, 0.29) is 56.4 Å². The van der Waals surface area contributed by atoms with Crippen molar-refractivity contribution in [3.05, 3.63) is 65.5 Å². The molecule has 14 nitrogen and oxygen atoms in total. The van der Waals surface area contributed by atoms with Gasteiger partial charge in [-0.15, -0.1) is 0 Å². The Bertz CT molecular complexity index is 1550.